The van der Waals surface area contributed by atoms with E-state index < -0.39 is 0 Å². The lowest BCUT2D eigenvalue weighted by molar-refractivity contribution is -0.118. The van der Waals surface area contributed by atoms with Gasteiger partial charge in [-0.25, -0.2) is 5.43 Å². The number of thioether (sulfide) groups is 1. The first-order valence-corrected chi connectivity index (χ1v) is 9.34. The highest BCUT2D eigenvalue weighted by Gasteiger charge is 2.02. The molecule has 0 fully saturated rings. The third-order valence-corrected chi connectivity index (χ3v) is 4.81. The minimum Gasteiger partial charge on any atom is -0.272 e. The predicted octanol–water partition coefficient (Wildman–Crippen LogP) is 5.14. The van der Waals surface area contributed by atoms with Gasteiger partial charge in [0, 0.05) is 20.8 Å². The summed E-state index contributed by atoms with van der Waals surface area (Å²) in [5, 5.41) is 4.94. The van der Waals surface area contributed by atoms with Crippen molar-refractivity contribution >= 4 is 63.0 Å². The van der Waals surface area contributed by atoms with Crippen molar-refractivity contribution in [3.05, 3.63) is 68.1 Å². The Balaban J connectivity index is 1.75. The predicted molar refractivity (Wildman–Crippen MR) is 103 cm³/mol. The molecule has 1 N–H and O–H groups in total. The molecule has 2 aromatic rings. The number of amides is 1. The summed E-state index contributed by atoms with van der Waals surface area (Å²) in [5.74, 6) is 0.934. The van der Waals surface area contributed by atoms with Gasteiger partial charge in [0.2, 0.25) is 5.91 Å². The quantitative estimate of drug-likeness (QED) is 0.508. The number of halogens is 3. The van der Waals surface area contributed by atoms with Crippen LogP contribution in [0.25, 0.3) is 0 Å². The smallest absolute Gasteiger partial charge is 0.250 e. The van der Waals surface area contributed by atoms with E-state index in [-0.39, 0.29) is 5.91 Å². The van der Waals surface area contributed by atoms with E-state index in [2.05, 4.69) is 26.5 Å². The van der Waals surface area contributed by atoms with Gasteiger partial charge in [-0.1, -0.05) is 57.3 Å². The number of nitrogens with one attached hydrogen (secondary N) is 1. The molecule has 0 bridgehead atoms. The zero-order chi connectivity index (χ0) is 16.7. The third kappa shape index (κ3) is 6.55. The second kappa shape index (κ2) is 9.33. The number of carbonyl (C=O) groups excluding carboxylic acids is 1. The normalized spacial score (nSPS) is 10.9. The van der Waals surface area contributed by atoms with Crippen LogP contribution in [-0.4, -0.2) is 17.9 Å². The van der Waals surface area contributed by atoms with Crippen molar-refractivity contribution in [3.63, 3.8) is 0 Å². The van der Waals surface area contributed by atoms with Gasteiger partial charge >= 0.3 is 0 Å². The van der Waals surface area contributed by atoms with E-state index in [1.54, 1.807) is 18.2 Å². The maximum absolute atomic E-state index is 11.7. The number of hydrogen-bond donors (Lipinski definition) is 1. The second-order valence-corrected chi connectivity index (χ2v) is 7.33. The van der Waals surface area contributed by atoms with Gasteiger partial charge in [0.25, 0.3) is 0 Å². The standard InChI is InChI=1S/C16H13BrCl2N2OS/c17-13-3-1-2-11(6-13)9-23-10-16(22)21-20-8-12-4-5-14(18)7-15(12)19/h1-8H,9-10H2,(H,21,22)/b20-8+. The zero-order valence-electron chi connectivity index (χ0n) is 11.9. The van der Waals surface area contributed by atoms with Crippen molar-refractivity contribution < 1.29 is 4.79 Å². The van der Waals surface area contributed by atoms with Crippen LogP contribution in [0.1, 0.15) is 11.1 Å². The SMILES string of the molecule is O=C(CSCc1cccc(Br)c1)N/N=C/c1ccc(Cl)cc1Cl. The van der Waals surface area contributed by atoms with E-state index >= 15 is 0 Å². The molecule has 0 saturated carbocycles. The fourth-order valence-electron chi connectivity index (χ4n) is 1.70. The Hall–Kier alpha value is -1.01. The summed E-state index contributed by atoms with van der Waals surface area (Å²) in [7, 11) is 0. The maximum Gasteiger partial charge on any atom is 0.250 e. The monoisotopic (exact) mass is 430 g/mol. The summed E-state index contributed by atoms with van der Waals surface area (Å²) >= 11 is 16.8. The first kappa shape index (κ1) is 18.3. The Morgan fingerprint density at radius 2 is 2.09 bits per heavy atom. The van der Waals surface area contributed by atoms with Gasteiger partial charge in [0.1, 0.15) is 0 Å². The van der Waals surface area contributed by atoms with Gasteiger partial charge in [-0.05, 0) is 29.8 Å². The molecule has 23 heavy (non-hydrogen) atoms. The summed E-state index contributed by atoms with van der Waals surface area (Å²) in [5.41, 5.74) is 4.33. The van der Waals surface area contributed by atoms with Crippen LogP contribution < -0.4 is 5.43 Å². The molecule has 2 rings (SSSR count). The van der Waals surface area contributed by atoms with Crippen molar-refractivity contribution in [3.8, 4) is 0 Å². The second-order valence-electron chi connectivity index (χ2n) is 4.58. The highest BCUT2D eigenvalue weighted by atomic mass is 79.9. The number of nitrogens with zero attached hydrogens (tertiary/aromatic N) is 1. The van der Waals surface area contributed by atoms with Crippen LogP contribution in [0.5, 0.6) is 0 Å². The van der Waals surface area contributed by atoms with Crippen molar-refractivity contribution in [1.82, 2.24) is 5.43 Å². The van der Waals surface area contributed by atoms with Crippen molar-refractivity contribution in [2.45, 2.75) is 5.75 Å². The number of hydrazone groups is 1. The fraction of sp³-hybridized carbons (Fsp3) is 0.125. The number of benzene rings is 2. The Morgan fingerprint density at radius 1 is 1.26 bits per heavy atom. The summed E-state index contributed by atoms with van der Waals surface area (Å²) in [4.78, 5) is 11.7. The van der Waals surface area contributed by atoms with Crippen molar-refractivity contribution in [1.29, 1.82) is 0 Å². The Labute approximate surface area is 157 Å². The van der Waals surface area contributed by atoms with Crippen LogP contribution in [0.4, 0.5) is 0 Å². The Morgan fingerprint density at radius 3 is 2.83 bits per heavy atom. The summed E-state index contributed by atoms with van der Waals surface area (Å²) in [6.07, 6.45) is 1.50. The highest BCUT2D eigenvalue weighted by Crippen LogP contribution is 2.19. The number of rotatable bonds is 6. The average molecular weight is 432 g/mol. The van der Waals surface area contributed by atoms with E-state index in [9.17, 15) is 4.79 Å². The Bertz CT molecular complexity index is 725. The van der Waals surface area contributed by atoms with Gasteiger partial charge in [-0.15, -0.1) is 11.8 Å². The topological polar surface area (TPSA) is 41.5 Å². The van der Waals surface area contributed by atoms with Gasteiger partial charge in [0.05, 0.1) is 17.0 Å². The lowest BCUT2D eigenvalue weighted by atomic mass is 10.2. The van der Waals surface area contributed by atoms with E-state index in [1.807, 2.05) is 24.3 Å². The molecule has 120 valence electrons. The van der Waals surface area contributed by atoms with Crippen LogP contribution >= 0.6 is 50.9 Å². The van der Waals surface area contributed by atoms with Gasteiger partial charge in [0.15, 0.2) is 0 Å². The molecule has 0 aromatic heterocycles. The molecule has 3 nitrogen and oxygen atoms in total. The van der Waals surface area contributed by atoms with E-state index in [0.29, 0.717) is 21.4 Å². The van der Waals surface area contributed by atoms with E-state index in [1.165, 1.54) is 18.0 Å². The molecule has 0 unspecified atom stereocenters. The molecule has 0 aliphatic rings. The van der Waals surface area contributed by atoms with Gasteiger partial charge < -0.3 is 0 Å². The third-order valence-electron chi connectivity index (χ3n) is 2.75. The first-order valence-electron chi connectivity index (χ1n) is 6.64. The van der Waals surface area contributed by atoms with Gasteiger partial charge in [-0.3, -0.25) is 4.79 Å². The number of hydrogen-bond acceptors (Lipinski definition) is 3. The molecule has 0 heterocycles. The summed E-state index contributed by atoms with van der Waals surface area (Å²) in [6.45, 7) is 0. The molecule has 0 saturated heterocycles. The Kier molecular flexibility index (Phi) is 7.43. The first-order chi connectivity index (χ1) is 11.0. The minimum absolute atomic E-state index is 0.161. The average Bonchev–Trinajstić information content (AvgIpc) is 2.49. The van der Waals surface area contributed by atoms with E-state index in [4.69, 9.17) is 23.2 Å². The van der Waals surface area contributed by atoms with E-state index in [0.717, 1.165) is 15.8 Å². The zero-order valence-corrected chi connectivity index (χ0v) is 15.8. The molecule has 0 atom stereocenters. The van der Waals surface area contributed by atoms with Crippen molar-refractivity contribution in [2.24, 2.45) is 5.10 Å². The molecular weight excluding hydrogens is 419 g/mol. The lowest BCUT2D eigenvalue weighted by Crippen LogP contribution is -2.19. The van der Waals surface area contributed by atoms with Gasteiger partial charge in [-0.2, -0.15) is 5.10 Å². The molecular formula is C16H13BrCl2N2OS. The fourth-order valence-corrected chi connectivity index (χ4v) is 3.37. The highest BCUT2D eigenvalue weighted by molar-refractivity contribution is 9.10. The molecule has 2 aromatic carbocycles. The van der Waals surface area contributed by atoms with Crippen LogP contribution in [0.15, 0.2) is 52.0 Å². The number of carbonyl (C=O) groups is 1. The van der Waals surface area contributed by atoms with Crippen molar-refractivity contribution in [2.75, 3.05) is 5.75 Å². The molecule has 7 heteroatoms. The largest absolute Gasteiger partial charge is 0.272 e. The van der Waals surface area contributed by atoms with Crippen LogP contribution in [-0.2, 0) is 10.5 Å². The molecule has 0 aliphatic heterocycles. The lowest BCUT2D eigenvalue weighted by Gasteiger charge is -2.02. The van der Waals surface area contributed by atoms with Crippen LogP contribution in [0.3, 0.4) is 0 Å². The maximum atomic E-state index is 11.7. The molecule has 0 aliphatic carbocycles. The molecule has 0 spiro atoms. The van der Waals surface area contributed by atoms with Crippen LogP contribution in [0.2, 0.25) is 10.0 Å². The summed E-state index contributed by atoms with van der Waals surface area (Å²) < 4.78 is 1.03. The van der Waals surface area contributed by atoms with Crippen LogP contribution in [0, 0.1) is 0 Å². The summed E-state index contributed by atoms with van der Waals surface area (Å²) in [6, 6.07) is 13.1. The molecule has 1 amide bonds. The minimum atomic E-state index is -0.161. The molecule has 0 radical (unpaired) electrons.